The van der Waals surface area contributed by atoms with E-state index in [1.807, 2.05) is 0 Å². The number of amides is 3. The van der Waals surface area contributed by atoms with E-state index in [4.69, 9.17) is 0 Å². The van der Waals surface area contributed by atoms with Crippen molar-refractivity contribution in [2.75, 3.05) is 25.0 Å². The fourth-order valence-electron chi connectivity index (χ4n) is 1.72. The highest BCUT2D eigenvalue weighted by Gasteiger charge is 2.18. The Morgan fingerprint density at radius 3 is 2.67 bits per heavy atom. The molecular formula is C10H15N5O2S. The number of aromatic nitrogens is 2. The molecule has 3 amide bonds. The third-order valence-electron chi connectivity index (χ3n) is 2.61. The molecule has 0 atom stereocenters. The van der Waals surface area contributed by atoms with Crippen molar-refractivity contribution in [3.05, 3.63) is 5.01 Å². The maximum atomic E-state index is 11.7. The number of rotatable bonds is 3. The normalized spacial score (nSPS) is 14.6. The van der Waals surface area contributed by atoms with E-state index in [0.717, 1.165) is 30.9 Å². The monoisotopic (exact) mass is 269 g/mol. The van der Waals surface area contributed by atoms with E-state index >= 15 is 0 Å². The second-order valence-electron chi connectivity index (χ2n) is 4.02. The summed E-state index contributed by atoms with van der Waals surface area (Å²) in [7, 11) is 0. The Labute approximate surface area is 109 Å². The van der Waals surface area contributed by atoms with Crippen LogP contribution in [0.2, 0.25) is 0 Å². The van der Waals surface area contributed by atoms with Gasteiger partial charge in [0.25, 0.3) is 0 Å². The quantitative estimate of drug-likeness (QED) is 0.840. The third-order valence-corrected chi connectivity index (χ3v) is 3.36. The first-order valence-corrected chi connectivity index (χ1v) is 6.59. The van der Waals surface area contributed by atoms with Gasteiger partial charge in [-0.2, -0.15) is 0 Å². The Hall–Kier alpha value is -1.70. The van der Waals surface area contributed by atoms with Gasteiger partial charge in [0.15, 0.2) is 0 Å². The van der Waals surface area contributed by atoms with Gasteiger partial charge in [-0.05, 0) is 19.8 Å². The molecule has 0 aromatic carbocycles. The van der Waals surface area contributed by atoms with Crippen molar-refractivity contribution in [1.82, 2.24) is 20.4 Å². The maximum Gasteiger partial charge on any atom is 0.321 e. The van der Waals surface area contributed by atoms with Gasteiger partial charge in [0.1, 0.15) is 5.01 Å². The molecule has 18 heavy (non-hydrogen) atoms. The van der Waals surface area contributed by atoms with Crippen molar-refractivity contribution in [2.45, 2.75) is 19.8 Å². The van der Waals surface area contributed by atoms with Crippen molar-refractivity contribution < 1.29 is 9.59 Å². The fourth-order valence-corrected chi connectivity index (χ4v) is 2.31. The standard InChI is InChI=1S/C10H15N5O2S/c1-7-13-14-10(18-7)12-9(17)11-6-8(16)15-4-2-3-5-15/h2-6H2,1H3,(H2,11,12,14,17). The zero-order chi connectivity index (χ0) is 13.0. The average molecular weight is 269 g/mol. The summed E-state index contributed by atoms with van der Waals surface area (Å²) in [5.41, 5.74) is 0. The fraction of sp³-hybridized carbons (Fsp3) is 0.600. The molecule has 0 unspecified atom stereocenters. The number of hydrogen-bond donors (Lipinski definition) is 2. The minimum absolute atomic E-state index is 0.0175. The van der Waals surface area contributed by atoms with Gasteiger partial charge in [0.05, 0.1) is 6.54 Å². The van der Waals surface area contributed by atoms with Gasteiger partial charge < -0.3 is 10.2 Å². The summed E-state index contributed by atoms with van der Waals surface area (Å²) in [5.74, 6) is -0.0453. The Balaban J connectivity index is 1.72. The number of aryl methyl sites for hydroxylation is 1. The molecule has 1 aromatic heterocycles. The number of carbonyl (C=O) groups is 2. The second-order valence-corrected chi connectivity index (χ2v) is 5.20. The molecule has 2 rings (SSSR count). The van der Waals surface area contributed by atoms with Crippen LogP contribution in [0, 0.1) is 6.92 Å². The number of nitrogens with zero attached hydrogens (tertiary/aromatic N) is 3. The second kappa shape index (κ2) is 5.76. The largest absolute Gasteiger partial charge is 0.341 e. The lowest BCUT2D eigenvalue weighted by atomic mass is 10.4. The SMILES string of the molecule is Cc1nnc(NC(=O)NCC(=O)N2CCCC2)s1. The van der Waals surface area contributed by atoms with Gasteiger partial charge in [-0.3, -0.25) is 10.1 Å². The van der Waals surface area contributed by atoms with Crippen LogP contribution in [0.4, 0.5) is 9.93 Å². The number of anilines is 1. The minimum Gasteiger partial charge on any atom is -0.341 e. The minimum atomic E-state index is -0.432. The van der Waals surface area contributed by atoms with E-state index in [9.17, 15) is 9.59 Å². The molecule has 98 valence electrons. The molecule has 7 nitrogen and oxygen atoms in total. The van der Waals surface area contributed by atoms with Gasteiger partial charge in [-0.25, -0.2) is 4.79 Å². The van der Waals surface area contributed by atoms with Crippen molar-refractivity contribution in [3.63, 3.8) is 0 Å². The molecule has 2 heterocycles. The molecule has 0 saturated carbocycles. The summed E-state index contributed by atoms with van der Waals surface area (Å²) in [4.78, 5) is 24.9. The van der Waals surface area contributed by atoms with E-state index in [1.54, 1.807) is 11.8 Å². The topological polar surface area (TPSA) is 87.2 Å². The van der Waals surface area contributed by atoms with Gasteiger partial charge in [0.2, 0.25) is 11.0 Å². The summed E-state index contributed by atoms with van der Waals surface area (Å²) >= 11 is 1.29. The van der Waals surface area contributed by atoms with Crippen LogP contribution >= 0.6 is 11.3 Å². The van der Waals surface area contributed by atoms with Crippen molar-refractivity contribution in [1.29, 1.82) is 0 Å². The molecule has 1 aliphatic heterocycles. The van der Waals surface area contributed by atoms with Gasteiger partial charge >= 0.3 is 6.03 Å². The van der Waals surface area contributed by atoms with Crippen molar-refractivity contribution >= 4 is 28.4 Å². The number of carbonyl (C=O) groups excluding carboxylic acids is 2. The molecule has 0 spiro atoms. The molecule has 8 heteroatoms. The first kappa shape index (κ1) is 12.7. The molecule has 0 radical (unpaired) electrons. The molecular weight excluding hydrogens is 254 g/mol. The van der Waals surface area contributed by atoms with E-state index in [-0.39, 0.29) is 12.5 Å². The lowest BCUT2D eigenvalue weighted by molar-refractivity contribution is -0.128. The Morgan fingerprint density at radius 2 is 2.06 bits per heavy atom. The van der Waals surface area contributed by atoms with Crippen LogP contribution in [0.15, 0.2) is 0 Å². The van der Waals surface area contributed by atoms with Crippen LogP contribution in [0.25, 0.3) is 0 Å². The summed E-state index contributed by atoms with van der Waals surface area (Å²) in [5, 5.41) is 13.8. The van der Waals surface area contributed by atoms with Crippen LogP contribution in [-0.2, 0) is 4.79 Å². The van der Waals surface area contributed by atoms with Gasteiger partial charge in [0, 0.05) is 13.1 Å². The van der Waals surface area contributed by atoms with Crippen LogP contribution in [0.5, 0.6) is 0 Å². The molecule has 0 bridgehead atoms. The van der Waals surface area contributed by atoms with Crippen LogP contribution in [0.3, 0.4) is 0 Å². The smallest absolute Gasteiger partial charge is 0.321 e. The van der Waals surface area contributed by atoms with E-state index in [2.05, 4.69) is 20.8 Å². The number of urea groups is 1. The number of hydrogen-bond acceptors (Lipinski definition) is 5. The van der Waals surface area contributed by atoms with Crippen LogP contribution in [0.1, 0.15) is 17.8 Å². The van der Waals surface area contributed by atoms with Gasteiger partial charge in [-0.15, -0.1) is 10.2 Å². The highest BCUT2D eigenvalue weighted by atomic mass is 32.1. The van der Waals surface area contributed by atoms with E-state index in [1.165, 1.54) is 11.3 Å². The summed E-state index contributed by atoms with van der Waals surface area (Å²) < 4.78 is 0. The lowest BCUT2D eigenvalue weighted by Crippen LogP contribution is -2.40. The molecule has 0 aliphatic carbocycles. The third kappa shape index (κ3) is 3.39. The summed E-state index contributed by atoms with van der Waals surface area (Å²) in [6.45, 7) is 3.40. The highest BCUT2D eigenvalue weighted by Crippen LogP contribution is 2.13. The number of nitrogens with one attached hydrogen (secondary N) is 2. The zero-order valence-corrected chi connectivity index (χ0v) is 10.9. The van der Waals surface area contributed by atoms with Crippen molar-refractivity contribution in [3.8, 4) is 0 Å². The van der Waals surface area contributed by atoms with Crippen LogP contribution < -0.4 is 10.6 Å². The molecule has 1 fully saturated rings. The molecule has 1 saturated heterocycles. The lowest BCUT2D eigenvalue weighted by Gasteiger charge is -2.15. The first-order valence-electron chi connectivity index (χ1n) is 5.78. The Kier molecular flexibility index (Phi) is 4.08. The first-order chi connectivity index (χ1) is 8.65. The Bertz CT molecular complexity index is 441. The van der Waals surface area contributed by atoms with Gasteiger partial charge in [-0.1, -0.05) is 11.3 Å². The predicted octanol–water partition coefficient (Wildman–Crippen LogP) is 0.590. The molecule has 1 aliphatic rings. The Morgan fingerprint density at radius 1 is 1.33 bits per heavy atom. The van der Waals surface area contributed by atoms with Crippen molar-refractivity contribution in [2.24, 2.45) is 0 Å². The van der Waals surface area contributed by atoms with E-state index < -0.39 is 6.03 Å². The molecule has 1 aromatic rings. The average Bonchev–Trinajstić information content (AvgIpc) is 2.97. The zero-order valence-electron chi connectivity index (χ0n) is 10.1. The number of likely N-dealkylation sites (tertiary alicyclic amines) is 1. The predicted molar refractivity (Wildman–Crippen MR) is 67.5 cm³/mol. The molecule has 2 N–H and O–H groups in total. The summed E-state index contributed by atoms with van der Waals surface area (Å²) in [6.07, 6.45) is 2.09. The van der Waals surface area contributed by atoms with E-state index in [0.29, 0.717) is 5.13 Å². The summed E-state index contributed by atoms with van der Waals surface area (Å²) in [6, 6.07) is -0.432. The van der Waals surface area contributed by atoms with Crippen LogP contribution in [-0.4, -0.2) is 46.7 Å². The maximum absolute atomic E-state index is 11.7. The highest BCUT2D eigenvalue weighted by molar-refractivity contribution is 7.15.